The summed E-state index contributed by atoms with van der Waals surface area (Å²) in [6, 6.07) is 6.40. The first-order valence-electron chi connectivity index (χ1n) is 9.63. The van der Waals surface area contributed by atoms with Gasteiger partial charge in [0.15, 0.2) is 5.96 Å². The highest BCUT2D eigenvalue weighted by Gasteiger charge is 2.27. The van der Waals surface area contributed by atoms with Crippen LogP contribution < -0.4 is 15.0 Å². The number of carbonyl (C=O) groups excluding carboxylic acids is 1. The van der Waals surface area contributed by atoms with E-state index in [0.717, 1.165) is 49.9 Å². The normalized spacial score (nSPS) is 16.3. The number of halogens is 1. The van der Waals surface area contributed by atoms with Gasteiger partial charge in [-0.05, 0) is 23.6 Å². The van der Waals surface area contributed by atoms with Gasteiger partial charge in [-0.25, -0.2) is 0 Å². The number of nitrogens with zero attached hydrogens (tertiary/aromatic N) is 5. The molecule has 156 valence electrons. The third-order valence-corrected chi connectivity index (χ3v) is 5.19. The van der Waals surface area contributed by atoms with Crippen molar-refractivity contribution in [3.63, 3.8) is 0 Å². The lowest BCUT2D eigenvalue weighted by atomic mass is 10.1. The summed E-state index contributed by atoms with van der Waals surface area (Å²) in [5.74, 6) is 1.84. The van der Waals surface area contributed by atoms with Crippen molar-refractivity contribution in [2.45, 2.75) is 12.8 Å². The van der Waals surface area contributed by atoms with Crippen molar-refractivity contribution >= 4 is 41.5 Å². The number of carbonyl (C=O) groups is 1. The molecule has 2 aromatic rings. The largest absolute Gasteiger partial charge is 0.493 e. The maximum absolute atomic E-state index is 12.6. The predicted octanol–water partition coefficient (Wildman–Crippen LogP) is 1.44. The molecule has 3 heterocycles. The Labute approximate surface area is 187 Å². The molecule has 1 aromatic heterocycles. The minimum atomic E-state index is 0. The number of guanidine groups is 1. The van der Waals surface area contributed by atoms with E-state index < -0.39 is 0 Å². The number of hydrogen-bond donors (Lipinski definition) is 1. The van der Waals surface area contributed by atoms with Gasteiger partial charge in [-0.2, -0.15) is 5.10 Å². The zero-order chi connectivity index (χ0) is 19.5. The summed E-state index contributed by atoms with van der Waals surface area (Å²) >= 11 is 0. The van der Waals surface area contributed by atoms with Gasteiger partial charge in [0.2, 0.25) is 5.91 Å². The highest BCUT2D eigenvalue weighted by atomic mass is 127. The molecular formula is C20H27IN6O2. The number of fused-ring (bicyclic) bond motifs is 1. The van der Waals surface area contributed by atoms with E-state index in [0.29, 0.717) is 13.1 Å². The Morgan fingerprint density at radius 2 is 2.21 bits per heavy atom. The number of nitrogens with one attached hydrogen (secondary N) is 1. The zero-order valence-corrected chi connectivity index (χ0v) is 19.1. The van der Waals surface area contributed by atoms with Crippen LogP contribution in [0.25, 0.3) is 0 Å². The molecule has 0 aliphatic carbocycles. The molecule has 1 N–H and O–H groups in total. The van der Waals surface area contributed by atoms with E-state index in [4.69, 9.17) is 4.74 Å². The SMILES string of the molecule is CN=C(NCCc1ccc2c(c1)CCO2)N1CCN(c2cnn(C)c2)C(=O)C1.I. The Bertz CT molecular complexity index is 897. The second-order valence-corrected chi connectivity index (χ2v) is 7.10. The van der Waals surface area contributed by atoms with Crippen molar-refractivity contribution in [3.8, 4) is 5.75 Å². The predicted molar refractivity (Wildman–Crippen MR) is 123 cm³/mol. The number of hydrogen-bond acceptors (Lipinski definition) is 4. The van der Waals surface area contributed by atoms with Crippen LogP contribution in [0, 0.1) is 0 Å². The summed E-state index contributed by atoms with van der Waals surface area (Å²) in [6.07, 6.45) is 5.47. The summed E-state index contributed by atoms with van der Waals surface area (Å²) in [5, 5.41) is 7.54. The molecule has 0 radical (unpaired) electrons. The quantitative estimate of drug-likeness (QED) is 0.383. The Hall–Kier alpha value is -2.30. The van der Waals surface area contributed by atoms with Crippen LogP contribution in [0.4, 0.5) is 5.69 Å². The van der Waals surface area contributed by atoms with Gasteiger partial charge in [-0.15, -0.1) is 24.0 Å². The minimum Gasteiger partial charge on any atom is -0.493 e. The maximum Gasteiger partial charge on any atom is 0.246 e. The number of ether oxygens (including phenoxy) is 1. The number of amides is 1. The zero-order valence-electron chi connectivity index (χ0n) is 16.8. The first-order chi connectivity index (χ1) is 13.6. The molecule has 1 amide bonds. The fraction of sp³-hybridized carbons (Fsp3) is 0.450. The number of piperazine rings is 1. The minimum absolute atomic E-state index is 0. The van der Waals surface area contributed by atoms with Crippen LogP contribution in [0.1, 0.15) is 11.1 Å². The Kier molecular flexibility index (Phi) is 6.99. The van der Waals surface area contributed by atoms with Crippen LogP contribution in [0.5, 0.6) is 5.75 Å². The highest BCUT2D eigenvalue weighted by Crippen LogP contribution is 2.25. The third-order valence-electron chi connectivity index (χ3n) is 5.19. The van der Waals surface area contributed by atoms with Gasteiger partial charge < -0.3 is 19.9 Å². The van der Waals surface area contributed by atoms with E-state index in [1.54, 1.807) is 22.8 Å². The Morgan fingerprint density at radius 1 is 1.34 bits per heavy atom. The number of anilines is 1. The molecular weight excluding hydrogens is 483 g/mol. The molecule has 0 spiro atoms. The van der Waals surface area contributed by atoms with E-state index in [9.17, 15) is 4.79 Å². The van der Waals surface area contributed by atoms with Gasteiger partial charge in [0, 0.05) is 46.3 Å². The van der Waals surface area contributed by atoms with Gasteiger partial charge >= 0.3 is 0 Å². The molecule has 4 rings (SSSR count). The van der Waals surface area contributed by atoms with Crippen LogP contribution in [-0.2, 0) is 24.7 Å². The summed E-state index contributed by atoms with van der Waals surface area (Å²) < 4.78 is 7.27. The third kappa shape index (κ3) is 4.82. The van der Waals surface area contributed by atoms with Crippen molar-refractivity contribution in [1.29, 1.82) is 0 Å². The average molecular weight is 510 g/mol. The molecule has 2 aliphatic rings. The van der Waals surface area contributed by atoms with Gasteiger partial charge in [0.1, 0.15) is 12.3 Å². The van der Waals surface area contributed by atoms with Crippen LogP contribution in [0.3, 0.4) is 0 Å². The molecule has 1 fully saturated rings. The van der Waals surface area contributed by atoms with Gasteiger partial charge in [0.25, 0.3) is 0 Å². The fourth-order valence-corrected chi connectivity index (χ4v) is 3.72. The molecule has 29 heavy (non-hydrogen) atoms. The van der Waals surface area contributed by atoms with Crippen molar-refractivity contribution in [2.24, 2.45) is 12.0 Å². The van der Waals surface area contributed by atoms with Gasteiger partial charge in [0.05, 0.1) is 18.5 Å². The van der Waals surface area contributed by atoms with E-state index in [-0.39, 0.29) is 29.9 Å². The molecule has 0 bridgehead atoms. The highest BCUT2D eigenvalue weighted by molar-refractivity contribution is 14.0. The smallest absolute Gasteiger partial charge is 0.246 e. The number of aliphatic imine (C=N–C) groups is 1. The number of rotatable bonds is 4. The number of aryl methyl sites for hydroxylation is 1. The summed E-state index contributed by atoms with van der Waals surface area (Å²) in [4.78, 5) is 20.7. The van der Waals surface area contributed by atoms with Crippen LogP contribution in [-0.4, -0.2) is 66.4 Å². The van der Waals surface area contributed by atoms with E-state index in [1.165, 1.54) is 11.1 Å². The van der Waals surface area contributed by atoms with Crippen LogP contribution in [0.2, 0.25) is 0 Å². The fourth-order valence-electron chi connectivity index (χ4n) is 3.72. The van der Waals surface area contributed by atoms with Crippen molar-refractivity contribution in [1.82, 2.24) is 20.0 Å². The second-order valence-electron chi connectivity index (χ2n) is 7.10. The second kappa shape index (κ2) is 9.47. The Morgan fingerprint density at radius 3 is 2.93 bits per heavy atom. The van der Waals surface area contributed by atoms with E-state index in [1.807, 2.05) is 18.1 Å². The van der Waals surface area contributed by atoms with Crippen molar-refractivity contribution in [2.75, 3.05) is 44.7 Å². The molecule has 8 nitrogen and oxygen atoms in total. The summed E-state index contributed by atoms with van der Waals surface area (Å²) in [7, 11) is 3.61. The molecule has 1 aromatic carbocycles. The number of aromatic nitrogens is 2. The van der Waals surface area contributed by atoms with Gasteiger partial charge in [-0.3, -0.25) is 14.5 Å². The first kappa shape index (κ1) is 21.4. The summed E-state index contributed by atoms with van der Waals surface area (Å²) in [5.41, 5.74) is 3.42. The van der Waals surface area contributed by atoms with Crippen LogP contribution in [0.15, 0.2) is 35.6 Å². The van der Waals surface area contributed by atoms with Gasteiger partial charge in [-0.1, -0.05) is 12.1 Å². The Balaban J connectivity index is 0.00000240. The molecule has 0 saturated carbocycles. The molecule has 0 atom stereocenters. The summed E-state index contributed by atoms with van der Waals surface area (Å²) in [6.45, 7) is 3.21. The molecule has 9 heteroatoms. The van der Waals surface area contributed by atoms with E-state index in [2.05, 4.69) is 33.6 Å². The van der Waals surface area contributed by atoms with Crippen LogP contribution >= 0.6 is 24.0 Å². The molecule has 0 unspecified atom stereocenters. The monoisotopic (exact) mass is 510 g/mol. The lowest BCUT2D eigenvalue weighted by Crippen LogP contribution is -2.55. The molecule has 1 saturated heterocycles. The lowest BCUT2D eigenvalue weighted by molar-refractivity contribution is -0.120. The molecule has 2 aliphatic heterocycles. The lowest BCUT2D eigenvalue weighted by Gasteiger charge is -2.35. The van der Waals surface area contributed by atoms with E-state index >= 15 is 0 Å². The topological polar surface area (TPSA) is 75.0 Å². The van der Waals surface area contributed by atoms with Crippen molar-refractivity contribution < 1.29 is 9.53 Å². The number of benzene rings is 1. The first-order valence-corrected chi connectivity index (χ1v) is 9.63. The maximum atomic E-state index is 12.6. The average Bonchev–Trinajstić information content (AvgIpc) is 3.33. The van der Waals surface area contributed by atoms with Crippen molar-refractivity contribution in [3.05, 3.63) is 41.7 Å². The standard InChI is InChI=1S/C20H26N6O2.HI/c1-21-20(22-7-5-15-3-4-18-16(11-15)6-10-28-18)25-8-9-26(19(27)14-25)17-12-23-24(2)13-17;/h3-4,11-13H,5-10,14H2,1-2H3,(H,21,22);1H.